The molecule has 41 heavy (non-hydrogen) atoms. The van der Waals surface area contributed by atoms with E-state index in [1.165, 1.54) is 23.9 Å². The van der Waals surface area contributed by atoms with Crippen molar-refractivity contribution in [1.82, 2.24) is 0 Å². The lowest BCUT2D eigenvalue weighted by molar-refractivity contribution is -0.513. The number of aliphatic hydroxyl groups is 1. The summed E-state index contributed by atoms with van der Waals surface area (Å²) in [5, 5.41) is 21.8. The van der Waals surface area contributed by atoms with Gasteiger partial charge >= 0.3 is 5.97 Å². The molecule has 0 aromatic heterocycles. The fraction of sp³-hybridized carbons (Fsp3) is 0.594. The molecule has 0 aliphatic heterocycles. The van der Waals surface area contributed by atoms with Crippen molar-refractivity contribution in [1.29, 1.82) is 5.41 Å². The average molecular weight is 588 g/mol. The van der Waals surface area contributed by atoms with Crippen molar-refractivity contribution in [3.05, 3.63) is 53.0 Å². The Balaban J connectivity index is 1.47. The fourth-order valence-electron chi connectivity index (χ4n) is 8.77. The molecule has 3 fully saturated rings. The Kier molecular flexibility index (Phi) is 8.36. The molecule has 0 heterocycles. The van der Waals surface area contributed by atoms with Crippen LogP contribution in [0.3, 0.4) is 0 Å². The molecule has 0 bridgehead atoms. The molecule has 7 atom stereocenters. The molecule has 5 rings (SSSR count). The Labute approximate surface area is 244 Å². The van der Waals surface area contributed by atoms with E-state index >= 15 is 0 Å². The minimum atomic E-state index is -1.38. The zero-order chi connectivity index (χ0) is 29.6. The van der Waals surface area contributed by atoms with Crippen molar-refractivity contribution < 1.29 is 33.5 Å². The van der Waals surface area contributed by atoms with Crippen LogP contribution in [0.1, 0.15) is 65.7 Å². The number of hydrogen-bond acceptors (Lipinski definition) is 6. The van der Waals surface area contributed by atoms with Crippen LogP contribution in [0.25, 0.3) is 0 Å². The zero-order valence-corrected chi connectivity index (χ0v) is 24.9. The molecule has 4 aliphatic carbocycles. The number of ether oxygens (including phenoxy) is 1. The summed E-state index contributed by atoms with van der Waals surface area (Å²) in [6, 6.07) is 6.31. The van der Waals surface area contributed by atoms with Gasteiger partial charge < -0.3 is 15.3 Å². The Hall–Kier alpha value is -2.36. The smallest absolute Gasteiger partial charge is 0.306 e. The van der Waals surface area contributed by atoms with E-state index < -0.39 is 29.8 Å². The molecular weight excluding hydrogens is 546 g/mol. The van der Waals surface area contributed by atoms with E-state index in [0.29, 0.717) is 25.7 Å². The highest BCUT2D eigenvalue weighted by molar-refractivity contribution is 8.13. The highest BCUT2D eigenvalue weighted by Crippen LogP contribution is 2.69. The molecule has 0 saturated heterocycles. The van der Waals surface area contributed by atoms with Gasteiger partial charge in [0.1, 0.15) is 17.2 Å². The number of alkyl halides is 1. The fourth-order valence-corrected chi connectivity index (χ4v) is 9.65. The highest BCUT2D eigenvalue weighted by atomic mass is 32.2. The molecular formula is C32H41F2N2O4S+. The van der Waals surface area contributed by atoms with Crippen molar-refractivity contribution in [3.8, 4) is 0 Å². The lowest BCUT2D eigenvalue weighted by Crippen LogP contribution is -2.76. The molecule has 222 valence electrons. The summed E-state index contributed by atoms with van der Waals surface area (Å²) in [6.07, 6.45) is 6.64. The number of nitrogens with two attached hydrogens (primary N) is 1. The summed E-state index contributed by atoms with van der Waals surface area (Å²) in [4.78, 5) is 26.3. The first-order valence-corrected chi connectivity index (χ1v) is 15.7. The van der Waals surface area contributed by atoms with E-state index in [2.05, 4.69) is 13.0 Å². The van der Waals surface area contributed by atoms with Crippen molar-refractivity contribution in [2.45, 2.75) is 77.4 Å². The van der Waals surface area contributed by atoms with Crippen molar-refractivity contribution >= 4 is 34.7 Å². The van der Waals surface area contributed by atoms with Gasteiger partial charge in [-0.15, -0.1) is 0 Å². The van der Waals surface area contributed by atoms with Crippen LogP contribution in [0.15, 0.2) is 47.2 Å². The highest BCUT2D eigenvalue weighted by Gasteiger charge is 2.70. The number of halogens is 2. The number of benzene rings is 1. The number of hydrogen-bond donors (Lipinski definition) is 3. The number of fused-ring (bicyclic) bond motifs is 5. The number of carbonyl (C=O) groups excluding carboxylic acids is 2. The summed E-state index contributed by atoms with van der Waals surface area (Å²) < 4.78 is 32.6. The van der Waals surface area contributed by atoms with Crippen molar-refractivity contribution in [2.75, 3.05) is 12.4 Å². The molecule has 9 heteroatoms. The second-order valence-corrected chi connectivity index (χ2v) is 13.7. The molecule has 1 aromatic carbocycles. The van der Waals surface area contributed by atoms with Crippen LogP contribution in [0.4, 0.5) is 14.5 Å². The maximum absolute atomic E-state index is 13.7. The van der Waals surface area contributed by atoms with Gasteiger partial charge in [-0.25, -0.2) is 4.39 Å². The monoisotopic (exact) mass is 587 g/mol. The Morgan fingerprint density at radius 2 is 1.98 bits per heavy atom. The van der Waals surface area contributed by atoms with E-state index in [9.17, 15) is 23.5 Å². The number of allylic oxidation sites excluding steroid dienone is 3. The van der Waals surface area contributed by atoms with Crippen LogP contribution in [-0.2, 0) is 14.3 Å². The number of esters is 1. The molecule has 3 saturated carbocycles. The summed E-state index contributed by atoms with van der Waals surface area (Å²) >= 11 is 0.895. The van der Waals surface area contributed by atoms with Crippen LogP contribution in [0.5, 0.6) is 0 Å². The minimum Gasteiger partial charge on any atom is -0.449 e. The Morgan fingerprint density at radius 3 is 2.63 bits per heavy atom. The SMILES string of the molecule is CCC(=O)O[C@]1(C(=O)SCCF)CCC2[C@@H]3CCC4=CC([NH2+]c5ccc(F)cc5)=C(C=N)C[C@]4(C)C3[C@@H](O)C[C@@]21C. The number of quaternary nitrogens is 1. The van der Waals surface area contributed by atoms with E-state index in [0.717, 1.165) is 41.6 Å². The zero-order valence-electron chi connectivity index (χ0n) is 24.1. The topological polar surface area (TPSA) is 104 Å². The largest absolute Gasteiger partial charge is 0.449 e. The van der Waals surface area contributed by atoms with E-state index in [1.54, 1.807) is 19.1 Å². The minimum absolute atomic E-state index is 0.0157. The van der Waals surface area contributed by atoms with Crippen LogP contribution in [0.2, 0.25) is 0 Å². The summed E-state index contributed by atoms with van der Waals surface area (Å²) in [6.45, 7) is 5.25. The Morgan fingerprint density at radius 1 is 1.24 bits per heavy atom. The summed E-state index contributed by atoms with van der Waals surface area (Å²) in [5.41, 5.74) is 1.42. The Bertz CT molecular complexity index is 1280. The molecule has 6 nitrogen and oxygen atoms in total. The quantitative estimate of drug-likeness (QED) is 0.215. The van der Waals surface area contributed by atoms with Crippen LogP contribution >= 0.6 is 11.8 Å². The second-order valence-electron chi connectivity index (χ2n) is 12.6. The van der Waals surface area contributed by atoms with Gasteiger partial charge in [-0.3, -0.25) is 19.3 Å². The van der Waals surface area contributed by atoms with Crippen LogP contribution in [-0.4, -0.2) is 46.5 Å². The third-order valence-electron chi connectivity index (χ3n) is 10.6. The van der Waals surface area contributed by atoms with E-state index in [-0.39, 0.29) is 46.3 Å². The first kappa shape index (κ1) is 30.1. The molecule has 1 aromatic rings. The predicted octanol–water partition coefficient (Wildman–Crippen LogP) is 5.39. The maximum atomic E-state index is 13.7. The van der Waals surface area contributed by atoms with Crippen LogP contribution in [0, 0.1) is 39.8 Å². The van der Waals surface area contributed by atoms with Crippen molar-refractivity contribution in [2.24, 2.45) is 28.6 Å². The molecule has 4 aliphatic rings. The molecule has 0 radical (unpaired) electrons. The molecule has 0 spiro atoms. The molecule has 4 N–H and O–H groups in total. The summed E-state index contributed by atoms with van der Waals surface area (Å²) in [5.74, 6) is -0.625. The van der Waals surface area contributed by atoms with Gasteiger partial charge in [0.15, 0.2) is 5.60 Å². The normalized spacial score (nSPS) is 36.1. The molecule has 2 unspecified atom stereocenters. The number of aliphatic hydroxyl groups excluding tert-OH is 1. The average Bonchev–Trinajstić information content (AvgIpc) is 3.24. The lowest BCUT2D eigenvalue weighted by Gasteiger charge is -2.60. The van der Waals surface area contributed by atoms with E-state index in [4.69, 9.17) is 10.1 Å². The first-order valence-electron chi connectivity index (χ1n) is 14.7. The number of thioether (sulfide) groups is 1. The number of rotatable bonds is 8. The standard InChI is InChI=1S/C32H40F2N2O4S/c1-4-27(38)40-32(29(39)41-14-13-33)12-11-24-23-10-5-20-15-25(36-22-8-6-21(34)7-9-22)19(18-35)16-30(20,2)28(23)26(37)17-31(24,32)3/h6-9,15,18,23-24,26,28,35-37H,4-5,10-14,16-17H2,1-3H3/p+1/t23-,24?,26-,28?,30-,31-,32-/m0/s1. The van der Waals surface area contributed by atoms with Gasteiger partial charge in [0, 0.05) is 41.5 Å². The van der Waals surface area contributed by atoms with Gasteiger partial charge in [-0.05, 0) is 79.9 Å². The van der Waals surface area contributed by atoms with Gasteiger partial charge in [0.25, 0.3) is 0 Å². The number of carbonyl (C=O) groups is 2. The van der Waals surface area contributed by atoms with Gasteiger partial charge in [-0.2, -0.15) is 0 Å². The van der Waals surface area contributed by atoms with Crippen LogP contribution < -0.4 is 5.32 Å². The lowest BCUT2D eigenvalue weighted by atomic mass is 9.45. The predicted molar refractivity (Wildman–Crippen MR) is 155 cm³/mol. The summed E-state index contributed by atoms with van der Waals surface area (Å²) in [7, 11) is 0. The third-order valence-corrected chi connectivity index (χ3v) is 11.6. The van der Waals surface area contributed by atoms with Gasteiger partial charge in [0.05, 0.1) is 12.8 Å². The van der Waals surface area contributed by atoms with Gasteiger partial charge in [-0.1, -0.05) is 38.1 Å². The van der Waals surface area contributed by atoms with Gasteiger partial charge in [0.2, 0.25) is 5.12 Å². The molecule has 0 amide bonds. The van der Waals surface area contributed by atoms with E-state index in [1.807, 2.05) is 12.2 Å². The van der Waals surface area contributed by atoms with Crippen molar-refractivity contribution in [3.63, 3.8) is 0 Å². The second kappa shape index (κ2) is 11.4. The third kappa shape index (κ3) is 4.91. The maximum Gasteiger partial charge on any atom is 0.306 e. The number of nitrogens with one attached hydrogen (secondary N) is 1. The first-order chi connectivity index (χ1) is 19.5.